The van der Waals surface area contributed by atoms with Crippen LogP contribution in [0.4, 0.5) is 0 Å². The van der Waals surface area contributed by atoms with E-state index < -0.39 is 0 Å². The first-order chi connectivity index (χ1) is 10.9. The molecule has 0 aromatic carbocycles. The molecule has 0 amide bonds. The lowest BCUT2D eigenvalue weighted by Gasteiger charge is -2.30. The first-order valence-corrected chi connectivity index (χ1v) is 8.53. The van der Waals surface area contributed by atoms with Crippen LogP contribution >= 0.6 is 24.0 Å². The van der Waals surface area contributed by atoms with Gasteiger partial charge in [0.15, 0.2) is 5.96 Å². The largest absolute Gasteiger partial charge is 0.469 e. The Morgan fingerprint density at radius 2 is 2.17 bits per heavy atom. The molecule has 1 saturated heterocycles. The lowest BCUT2D eigenvalue weighted by atomic mass is 10.1. The van der Waals surface area contributed by atoms with Crippen molar-refractivity contribution in [1.82, 2.24) is 10.2 Å². The number of rotatable bonds is 8. The van der Waals surface area contributed by atoms with Crippen molar-refractivity contribution in [2.45, 2.75) is 39.0 Å². The first-order valence-electron chi connectivity index (χ1n) is 8.53. The highest BCUT2D eigenvalue weighted by atomic mass is 127. The van der Waals surface area contributed by atoms with E-state index in [2.05, 4.69) is 10.2 Å². The van der Waals surface area contributed by atoms with Crippen LogP contribution in [0.2, 0.25) is 0 Å². The molecule has 132 valence electrons. The predicted octanol–water partition coefficient (Wildman–Crippen LogP) is 3.30. The van der Waals surface area contributed by atoms with Gasteiger partial charge in [-0.2, -0.15) is 0 Å². The van der Waals surface area contributed by atoms with Crippen molar-refractivity contribution in [2.24, 2.45) is 4.99 Å². The second-order valence-corrected chi connectivity index (χ2v) is 5.56. The molecule has 0 aliphatic carbocycles. The quantitative estimate of drug-likeness (QED) is 0.295. The van der Waals surface area contributed by atoms with Gasteiger partial charge in [-0.25, -0.2) is 0 Å². The topological polar surface area (TPSA) is 50.0 Å². The van der Waals surface area contributed by atoms with Crippen LogP contribution < -0.4 is 5.32 Å². The van der Waals surface area contributed by atoms with Crippen LogP contribution in [0.15, 0.2) is 27.8 Å². The molecule has 0 bridgehead atoms. The summed E-state index contributed by atoms with van der Waals surface area (Å²) in [5, 5.41) is 3.49. The van der Waals surface area contributed by atoms with E-state index in [1.165, 1.54) is 19.3 Å². The fourth-order valence-corrected chi connectivity index (χ4v) is 2.62. The zero-order valence-corrected chi connectivity index (χ0v) is 16.5. The molecule has 1 aliphatic rings. The molecule has 1 aromatic heterocycles. The summed E-state index contributed by atoms with van der Waals surface area (Å²) in [5.41, 5.74) is 0. The van der Waals surface area contributed by atoms with Crippen LogP contribution in [0, 0.1) is 0 Å². The summed E-state index contributed by atoms with van der Waals surface area (Å²) < 4.78 is 10.8. The van der Waals surface area contributed by atoms with Gasteiger partial charge < -0.3 is 19.4 Å². The Morgan fingerprint density at radius 3 is 2.87 bits per heavy atom. The minimum atomic E-state index is 0. The Hall–Kier alpha value is -0.760. The van der Waals surface area contributed by atoms with Crippen molar-refractivity contribution >= 4 is 29.9 Å². The lowest BCUT2D eigenvalue weighted by molar-refractivity contribution is 0.146. The summed E-state index contributed by atoms with van der Waals surface area (Å²) in [4.78, 5) is 7.14. The number of nitrogens with zero attached hydrogens (tertiary/aromatic N) is 2. The lowest BCUT2D eigenvalue weighted by Crippen LogP contribution is -2.44. The van der Waals surface area contributed by atoms with Gasteiger partial charge >= 0.3 is 0 Å². The molecular weight excluding hydrogens is 405 g/mol. The van der Waals surface area contributed by atoms with Gasteiger partial charge in [0.2, 0.25) is 0 Å². The summed E-state index contributed by atoms with van der Waals surface area (Å²) in [6.07, 6.45) is 7.45. The van der Waals surface area contributed by atoms with E-state index in [-0.39, 0.29) is 24.0 Å². The third-order valence-electron chi connectivity index (χ3n) is 3.80. The molecule has 0 saturated carbocycles. The fraction of sp³-hybridized carbons (Fsp3) is 0.706. The van der Waals surface area contributed by atoms with E-state index in [1.807, 2.05) is 19.1 Å². The number of hydrogen-bond donors (Lipinski definition) is 1. The van der Waals surface area contributed by atoms with Crippen LogP contribution in [-0.2, 0) is 11.2 Å². The predicted molar refractivity (Wildman–Crippen MR) is 105 cm³/mol. The van der Waals surface area contributed by atoms with Gasteiger partial charge in [0, 0.05) is 45.8 Å². The molecule has 5 nitrogen and oxygen atoms in total. The van der Waals surface area contributed by atoms with Gasteiger partial charge in [0.1, 0.15) is 5.76 Å². The van der Waals surface area contributed by atoms with Crippen molar-refractivity contribution in [3.05, 3.63) is 24.2 Å². The summed E-state index contributed by atoms with van der Waals surface area (Å²) in [6, 6.07) is 3.95. The van der Waals surface area contributed by atoms with E-state index in [0.29, 0.717) is 0 Å². The Kier molecular flexibility index (Phi) is 11.1. The Balaban J connectivity index is 0.00000264. The van der Waals surface area contributed by atoms with Crippen LogP contribution in [0.5, 0.6) is 0 Å². The van der Waals surface area contributed by atoms with E-state index in [0.717, 1.165) is 64.0 Å². The zero-order valence-electron chi connectivity index (χ0n) is 14.1. The van der Waals surface area contributed by atoms with Crippen LogP contribution in [0.1, 0.15) is 38.4 Å². The van der Waals surface area contributed by atoms with Gasteiger partial charge in [-0.05, 0) is 44.7 Å². The second-order valence-electron chi connectivity index (χ2n) is 5.56. The molecule has 0 radical (unpaired) electrons. The average Bonchev–Trinajstić information content (AvgIpc) is 3.07. The van der Waals surface area contributed by atoms with Crippen molar-refractivity contribution in [1.29, 1.82) is 0 Å². The van der Waals surface area contributed by atoms with Gasteiger partial charge in [0.05, 0.1) is 6.26 Å². The normalized spacial score (nSPS) is 15.3. The summed E-state index contributed by atoms with van der Waals surface area (Å²) in [7, 11) is 0. The molecule has 6 heteroatoms. The highest BCUT2D eigenvalue weighted by Gasteiger charge is 2.14. The summed E-state index contributed by atoms with van der Waals surface area (Å²) >= 11 is 0. The first kappa shape index (κ1) is 20.3. The number of likely N-dealkylation sites (tertiary alicyclic amines) is 1. The third kappa shape index (κ3) is 8.06. The Morgan fingerprint density at radius 1 is 1.35 bits per heavy atom. The fourth-order valence-electron chi connectivity index (χ4n) is 2.62. The van der Waals surface area contributed by atoms with Crippen molar-refractivity contribution in [3.63, 3.8) is 0 Å². The number of nitrogens with one attached hydrogen (secondary N) is 1. The zero-order chi connectivity index (χ0) is 15.5. The maximum atomic E-state index is 5.38. The molecule has 2 rings (SSSR count). The minimum absolute atomic E-state index is 0. The molecule has 1 aliphatic heterocycles. The second kappa shape index (κ2) is 12.6. The number of hydrogen-bond acceptors (Lipinski definition) is 3. The van der Waals surface area contributed by atoms with Crippen molar-refractivity contribution < 1.29 is 9.15 Å². The van der Waals surface area contributed by atoms with Gasteiger partial charge in [-0.15, -0.1) is 24.0 Å². The van der Waals surface area contributed by atoms with Crippen LogP contribution in [0.25, 0.3) is 0 Å². The molecule has 1 aromatic rings. The smallest absolute Gasteiger partial charge is 0.193 e. The van der Waals surface area contributed by atoms with Crippen LogP contribution in [-0.4, -0.2) is 50.3 Å². The molecule has 23 heavy (non-hydrogen) atoms. The molecule has 0 unspecified atom stereocenters. The molecule has 2 heterocycles. The standard InChI is InChI=1S/C17H29N3O2.HI/c1-2-21-14-7-10-18-17(20-12-4-3-5-13-20)19-11-9-16-8-6-15-22-16;/h6,8,15H,2-5,7,9-14H2,1H3,(H,18,19);1H. The number of piperidine rings is 1. The number of ether oxygens (including phenoxy) is 1. The summed E-state index contributed by atoms with van der Waals surface area (Å²) in [5.74, 6) is 2.06. The SMILES string of the molecule is CCOCCCN=C(NCCc1ccco1)N1CCCCC1.I. The van der Waals surface area contributed by atoms with Crippen molar-refractivity contribution in [3.8, 4) is 0 Å². The van der Waals surface area contributed by atoms with Gasteiger partial charge in [-0.3, -0.25) is 4.99 Å². The molecule has 1 N–H and O–H groups in total. The van der Waals surface area contributed by atoms with Crippen LogP contribution in [0.3, 0.4) is 0 Å². The molecule has 0 atom stereocenters. The minimum Gasteiger partial charge on any atom is -0.469 e. The van der Waals surface area contributed by atoms with Gasteiger partial charge in [0.25, 0.3) is 0 Å². The third-order valence-corrected chi connectivity index (χ3v) is 3.80. The molecule has 1 fully saturated rings. The maximum absolute atomic E-state index is 5.38. The highest BCUT2D eigenvalue weighted by Crippen LogP contribution is 2.09. The summed E-state index contributed by atoms with van der Waals surface area (Å²) in [6.45, 7) is 7.49. The Bertz CT molecular complexity index is 417. The average molecular weight is 435 g/mol. The van der Waals surface area contributed by atoms with E-state index in [9.17, 15) is 0 Å². The maximum Gasteiger partial charge on any atom is 0.193 e. The number of guanidine groups is 1. The Labute approximate surface area is 156 Å². The number of aliphatic imine (C=N–C) groups is 1. The number of halogens is 1. The van der Waals surface area contributed by atoms with E-state index in [4.69, 9.17) is 14.1 Å². The number of furan rings is 1. The van der Waals surface area contributed by atoms with E-state index >= 15 is 0 Å². The van der Waals surface area contributed by atoms with Gasteiger partial charge in [-0.1, -0.05) is 0 Å². The van der Waals surface area contributed by atoms with E-state index in [1.54, 1.807) is 6.26 Å². The molecule has 0 spiro atoms. The molecular formula is C17H30IN3O2. The monoisotopic (exact) mass is 435 g/mol. The highest BCUT2D eigenvalue weighted by molar-refractivity contribution is 14.0. The van der Waals surface area contributed by atoms with Crippen molar-refractivity contribution in [2.75, 3.05) is 39.4 Å².